The van der Waals surface area contributed by atoms with E-state index in [1.54, 1.807) is 12.1 Å². The zero-order valence-corrected chi connectivity index (χ0v) is 16.2. The molecule has 3 aromatic rings. The normalized spacial score (nSPS) is 14.1. The number of nitrogens with one attached hydrogen (secondary N) is 1. The van der Waals surface area contributed by atoms with Gasteiger partial charge in [0, 0.05) is 0 Å². The van der Waals surface area contributed by atoms with Crippen molar-refractivity contribution < 1.29 is 17.7 Å². The second-order valence-corrected chi connectivity index (χ2v) is 8.45. The van der Waals surface area contributed by atoms with Crippen LogP contribution in [0.5, 0.6) is 5.75 Å². The number of hydrogen-bond donors (Lipinski definition) is 1. The van der Waals surface area contributed by atoms with Crippen LogP contribution in [0.25, 0.3) is 11.0 Å². The van der Waals surface area contributed by atoms with Gasteiger partial charge < -0.3 is 9.26 Å². The van der Waals surface area contributed by atoms with E-state index in [9.17, 15) is 8.42 Å². The summed E-state index contributed by atoms with van der Waals surface area (Å²) in [6.07, 6.45) is 4.86. The number of sulfonamides is 1. The Hall–Kier alpha value is -2.54. The number of anilines is 1. The molecule has 0 radical (unpaired) electrons. The molecule has 0 bridgehead atoms. The number of rotatable bonds is 5. The number of aryl methyl sites for hydroxylation is 3. The van der Waals surface area contributed by atoms with Crippen LogP contribution >= 0.6 is 0 Å². The fraction of sp³-hybridized carbons (Fsp3) is 0.350. The first-order valence-electron chi connectivity index (χ1n) is 9.12. The molecule has 0 aliphatic heterocycles. The Bertz CT molecular complexity index is 1100. The number of fused-ring (bicyclic) bond motifs is 2. The molecular weight excluding hydrogens is 364 g/mol. The largest absolute Gasteiger partial charge is 0.495 e. The molecular formula is C20H22N2O4S. The third-order valence-electron chi connectivity index (χ3n) is 5.09. The fourth-order valence-corrected chi connectivity index (χ4v) is 4.79. The van der Waals surface area contributed by atoms with Crippen molar-refractivity contribution in [1.29, 1.82) is 0 Å². The van der Waals surface area contributed by atoms with Gasteiger partial charge in [0.1, 0.15) is 10.6 Å². The number of aromatic nitrogens is 1. The summed E-state index contributed by atoms with van der Waals surface area (Å²) in [6, 6.07) is 9.22. The Morgan fingerprint density at radius 3 is 2.59 bits per heavy atom. The second-order valence-electron chi connectivity index (χ2n) is 6.80. The predicted octanol–water partition coefficient (Wildman–Crippen LogP) is 4.08. The van der Waals surface area contributed by atoms with E-state index in [1.165, 1.54) is 7.11 Å². The van der Waals surface area contributed by atoms with Gasteiger partial charge in [0.15, 0.2) is 11.4 Å². The Kier molecular flexibility index (Phi) is 4.55. The molecule has 0 amide bonds. The van der Waals surface area contributed by atoms with Gasteiger partial charge in [-0.15, -0.1) is 0 Å². The lowest BCUT2D eigenvalue weighted by Crippen LogP contribution is -2.16. The van der Waals surface area contributed by atoms with Gasteiger partial charge in [-0.25, -0.2) is 8.42 Å². The minimum Gasteiger partial charge on any atom is -0.495 e. The summed E-state index contributed by atoms with van der Waals surface area (Å²) in [7, 11) is -2.38. The van der Waals surface area contributed by atoms with Gasteiger partial charge in [0.05, 0.1) is 12.5 Å². The number of ether oxygens (including phenoxy) is 1. The molecule has 142 valence electrons. The average Bonchev–Trinajstić information content (AvgIpc) is 3.08. The van der Waals surface area contributed by atoms with E-state index in [0.29, 0.717) is 16.7 Å². The minimum absolute atomic E-state index is 0.133. The zero-order valence-electron chi connectivity index (χ0n) is 15.4. The van der Waals surface area contributed by atoms with E-state index in [-0.39, 0.29) is 10.7 Å². The van der Waals surface area contributed by atoms with Crippen LogP contribution in [0.3, 0.4) is 0 Å². The second kappa shape index (κ2) is 6.88. The number of hydrogen-bond acceptors (Lipinski definition) is 5. The van der Waals surface area contributed by atoms with Crippen molar-refractivity contribution in [1.82, 2.24) is 5.16 Å². The first-order chi connectivity index (χ1) is 13.0. The van der Waals surface area contributed by atoms with E-state index in [1.807, 2.05) is 25.1 Å². The molecule has 0 unspecified atom stereocenters. The molecule has 1 aromatic heterocycles. The lowest BCUT2D eigenvalue weighted by atomic mass is 9.92. The van der Waals surface area contributed by atoms with Crippen LogP contribution in [-0.4, -0.2) is 20.7 Å². The van der Waals surface area contributed by atoms with Crippen LogP contribution in [0.2, 0.25) is 0 Å². The van der Waals surface area contributed by atoms with Crippen molar-refractivity contribution in [3.8, 4) is 5.75 Å². The summed E-state index contributed by atoms with van der Waals surface area (Å²) >= 11 is 0. The molecule has 0 saturated carbocycles. The summed E-state index contributed by atoms with van der Waals surface area (Å²) < 4.78 is 39.4. The Balaban J connectivity index is 1.76. The highest BCUT2D eigenvalue weighted by molar-refractivity contribution is 7.92. The number of methoxy groups -OCH3 is 1. The van der Waals surface area contributed by atoms with Crippen LogP contribution in [0.15, 0.2) is 39.8 Å². The maximum Gasteiger partial charge on any atom is 0.266 e. The van der Waals surface area contributed by atoms with E-state index in [2.05, 4.69) is 9.88 Å². The van der Waals surface area contributed by atoms with E-state index in [0.717, 1.165) is 48.8 Å². The molecule has 0 fully saturated rings. The van der Waals surface area contributed by atoms with Crippen molar-refractivity contribution >= 4 is 26.8 Å². The molecule has 1 N–H and O–H groups in total. The van der Waals surface area contributed by atoms with E-state index >= 15 is 0 Å². The van der Waals surface area contributed by atoms with Gasteiger partial charge >= 0.3 is 0 Å². The number of benzene rings is 2. The maximum absolute atomic E-state index is 13.1. The topological polar surface area (TPSA) is 81.4 Å². The van der Waals surface area contributed by atoms with Crippen molar-refractivity contribution in [2.45, 2.75) is 43.9 Å². The summed E-state index contributed by atoms with van der Waals surface area (Å²) in [5.74, 6) is 0.547. The fourth-order valence-electron chi connectivity index (χ4n) is 3.57. The molecule has 6 nitrogen and oxygen atoms in total. The molecule has 4 rings (SSSR count). The third-order valence-corrected chi connectivity index (χ3v) is 6.45. The molecule has 7 heteroatoms. The summed E-state index contributed by atoms with van der Waals surface area (Å²) in [6.45, 7) is 2.04. The monoisotopic (exact) mass is 386 g/mol. The maximum atomic E-state index is 13.1. The molecule has 0 atom stereocenters. The molecule has 1 aliphatic carbocycles. The van der Waals surface area contributed by atoms with Crippen LogP contribution < -0.4 is 9.46 Å². The van der Waals surface area contributed by atoms with Gasteiger partial charge in [-0.3, -0.25) is 4.72 Å². The van der Waals surface area contributed by atoms with Crippen LogP contribution in [0, 0.1) is 0 Å². The highest BCUT2D eigenvalue weighted by Gasteiger charge is 2.25. The van der Waals surface area contributed by atoms with Gasteiger partial charge in [-0.2, -0.15) is 0 Å². The molecule has 0 saturated heterocycles. The van der Waals surface area contributed by atoms with E-state index < -0.39 is 10.0 Å². The van der Waals surface area contributed by atoms with Crippen molar-refractivity contribution in [3.63, 3.8) is 0 Å². The summed E-state index contributed by atoms with van der Waals surface area (Å²) in [4.78, 5) is 0.133. The predicted molar refractivity (Wildman–Crippen MR) is 104 cm³/mol. The highest BCUT2D eigenvalue weighted by Crippen LogP contribution is 2.34. The van der Waals surface area contributed by atoms with Gasteiger partial charge in [-0.05, 0) is 73.1 Å². The SMILES string of the molecule is CCc1ccc2onc(NS(=O)(=O)c3cc4c(cc3OC)CCCC4)c2c1. The van der Waals surface area contributed by atoms with Crippen LogP contribution in [-0.2, 0) is 29.3 Å². The van der Waals surface area contributed by atoms with Gasteiger partial charge in [-0.1, -0.05) is 18.1 Å². The molecule has 2 aromatic carbocycles. The van der Waals surface area contributed by atoms with Gasteiger partial charge in [0.2, 0.25) is 0 Å². The van der Waals surface area contributed by atoms with Crippen molar-refractivity contribution in [2.75, 3.05) is 11.8 Å². The number of nitrogens with zero attached hydrogens (tertiary/aromatic N) is 1. The van der Waals surface area contributed by atoms with Crippen molar-refractivity contribution in [2.24, 2.45) is 0 Å². The first-order valence-corrected chi connectivity index (χ1v) is 10.6. The van der Waals surface area contributed by atoms with Crippen molar-refractivity contribution in [3.05, 3.63) is 47.0 Å². The minimum atomic E-state index is -3.87. The summed E-state index contributed by atoms with van der Waals surface area (Å²) in [5.41, 5.74) is 3.86. The van der Waals surface area contributed by atoms with Gasteiger partial charge in [0.25, 0.3) is 10.0 Å². The smallest absolute Gasteiger partial charge is 0.266 e. The molecule has 0 spiro atoms. The van der Waals surface area contributed by atoms with Crippen LogP contribution in [0.4, 0.5) is 5.82 Å². The molecule has 1 heterocycles. The van der Waals surface area contributed by atoms with Crippen LogP contribution in [0.1, 0.15) is 36.5 Å². The standard InChI is InChI=1S/C20H22N2O4S/c1-3-13-8-9-17-16(10-13)20(21-26-17)22-27(23,24)19-12-15-7-5-4-6-14(15)11-18(19)25-2/h8-12H,3-7H2,1-2H3,(H,21,22). The lowest BCUT2D eigenvalue weighted by Gasteiger charge is -2.19. The Morgan fingerprint density at radius 1 is 1.15 bits per heavy atom. The third kappa shape index (κ3) is 3.27. The first kappa shape index (κ1) is 17.9. The van der Waals surface area contributed by atoms with E-state index in [4.69, 9.17) is 9.26 Å². The Morgan fingerprint density at radius 2 is 1.89 bits per heavy atom. The average molecular weight is 386 g/mol. The molecule has 1 aliphatic rings. The Labute approximate surface area is 158 Å². The summed E-state index contributed by atoms with van der Waals surface area (Å²) in [5, 5.41) is 4.57. The lowest BCUT2D eigenvalue weighted by molar-refractivity contribution is 0.401. The quantitative estimate of drug-likeness (QED) is 0.715. The molecule has 27 heavy (non-hydrogen) atoms. The highest BCUT2D eigenvalue weighted by atomic mass is 32.2. The zero-order chi connectivity index (χ0) is 19.0.